The van der Waals surface area contributed by atoms with Gasteiger partial charge in [0.2, 0.25) is 6.41 Å². The van der Waals surface area contributed by atoms with E-state index in [1.165, 1.54) is 15.8 Å². The molecule has 0 atom stereocenters. The summed E-state index contributed by atoms with van der Waals surface area (Å²) >= 11 is 0. The number of hydrogen-bond donors (Lipinski definition) is 4. The van der Waals surface area contributed by atoms with Gasteiger partial charge in [-0.2, -0.15) is 0 Å². The molecule has 6 rings (SSSR count). The molecule has 3 aliphatic rings. The highest BCUT2D eigenvalue weighted by atomic mass is 16.3. The quantitative estimate of drug-likeness (QED) is 0.200. The van der Waals surface area contributed by atoms with E-state index in [9.17, 15) is 19.5 Å². The van der Waals surface area contributed by atoms with Crippen molar-refractivity contribution in [3.63, 3.8) is 0 Å². The maximum Gasteiger partial charge on any atom is 0.276 e. The van der Waals surface area contributed by atoms with Crippen LogP contribution >= 0.6 is 0 Å². The Morgan fingerprint density at radius 1 is 1.19 bits per heavy atom. The topological polar surface area (TPSA) is 149 Å². The number of rotatable bonds is 6. The standard InChI is InChI=1S/C30H34N8O4/c1-35-15-20(12-24(29(35)41)34-27(31)14-21-16-36(18-40)9-8-32-21)22-6-7-33-28(23(22)17-39)38-11-10-37-25-5-3-2-4-19(25)13-26(37)30(38)42/h6-7,12-15,18,32,39H,2-5,8-11,16-17H2,1H3,(H2,31,34)/b21-14-. The van der Waals surface area contributed by atoms with Gasteiger partial charge >= 0.3 is 0 Å². The van der Waals surface area contributed by atoms with Crippen LogP contribution in [0.3, 0.4) is 0 Å². The highest BCUT2D eigenvalue weighted by molar-refractivity contribution is 6.06. The number of hydrogen-bond acceptors (Lipinski definition) is 7. The third kappa shape index (κ3) is 4.98. The van der Waals surface area contributed by atoms with E-state index in [0.29, 0.717) is 66.6 Å². The van der Waals surface area contributed by atoms with Crippen molar-refractivity contribution in [1.82, 2.24) is 24.3 Å². The third-order valence-corrected chi connectivity index (χ3v) is 8.22. The number of amidine groups is 1. The molecule has 1 aliphatic carbocycles. The minimum Gasteiger partial charge on any atom is -0.392 e. The molecule has 0 unspecified atom stereocenters. The number of anilines is 2. The van der Waals surface area contributed by atoms with Gasteiger partial charge in [-0.15, -0.1) is 0 Å². The van der Waals surface area contributed by atoms with Crippen LogP contribution in [0.2, 0.25) is 0 Å². The lowest BCUT2D eigenvalue weighted by atomic mass is 9.98. The maximum absolute atomic E-state index is 13.7. The third-order valence-electron chi connectivity index (χ3n) is 8.22. The summed E-state index contributed by atoms with van der Waals surface area (Å²) in [6.07, 6.45) is 9.85. The summed E-state index contributed by atoms with van der Waals surface area (Å²) in [4.78, 5) is 45.6. The van der Waals surface area contributed by atoms with Crippen molar-refractivity contribution in [2.75, 3.05) is 36.4 Å². The molecular formula is C30H34N8O4. The zero-order chi connectivity index (χ0) is 29.4. The van der Waals surface area contributed by atoms with Gasteiger partial charge in [-0.3, -0.25) is 24.7 Å². The average Bonchev–Trinajstić information content (AvgIpc) is 3.39. The molecule has 3 aromatic heterocycles. The van der Waals surface area contributed by atoms with Gasteiger partial charge in [-0.1, -0.05) is 0 Å². The van der Waals surface area contributed by atoms with Gasteiger partial charge < -0.3 is 29.8 Å². The van der Waals surface area contributed by atoms with E-state index in [1.54, 1.807) is 47.4 Å². The molecule has 218 valence electrons. The van der Waals surface area contributed by atoms with Gasteiger partial charge in [0.15, 0.2) is 0 Å². The number of aryl methyl sites for hydroxylation is 2. The first-order valence-corrected chi connectivity index (χ1v) is 14.2. The number of aliphatic hydroxyl groups excluding tert-OH is 1. The molecule has 1 saturated heterocycles. The molecule has 0 bridgehead atoms. The summed E-state index contributed by atoms with van der Waals surface area (Å²) in [7, 11) is 1.62. The summed E-state index contributed by atoms with van der Waals surface area (Å²) in [5.74, 6) is 0.250. The number of pyridine rings is 2. The molecule has 42 heavy (non-hydrogen) atoms. The number of nitrogens with zero attached hydrogens (tertiary/aromatic N) is 5. The van der Waals surface area contributed by atoms with Crippen molar-refractivity contribution in [2.45, 2.75) is 38.8 Å². The van der Waals surface area contributed by atoms with Crippen molar-refractivity contribution in [3.8, 4) is 11.1 Å². The van der Waals surface area contributed by atoms with Crippen LogP contribution in [-0.2, 0) is 37.8 Å². The normalized spacial score (nSPS) is 17.5. The zero-order valence-electron chi connectivity index (χ0n) is 23.5. The lowest BCUT2D eigenvalue weighted by molar-refractivity contribution is -0.118. The number of aromatic nitrogens is 3. The Kier molecular flexibility index (Phi) is 7.38. The van der Waals surface area contributed by atoms with Crippen molar-refractivity contribution in [3.05, 3.63) is 75.2 Å². The summed E-state index contributed by atoms with van der Waals surface area (Å²) < 4.78 is 3.56. The molecule has 1 fully saturated rings. The predicted molar refractivity (Wildman–Crippen MR) is 159 cm³/mol. The van der Waals surface area contributed by atoms with Crippen molar-refractivity contribution in [2.24, 2.45) is 7.05 Å². The highest BCUT2D eigenvalue weighted by Gasteiger charge is 2.32. The zero-order valence-corrected chi connectivity index (χ0v) is 23.5. The van der Waals surface area contributed by atoms with Crippen LogP contribution in [-0.4, -0.2) is 68.5 Å². The number of amides is 2. The molecule has 4 N–H and O–H groups in total. The van der Waals surface area contributed by atoms with E-state index < -0.39 is 0 Å². The molecule has 12 nitrogen and oxygen atoms in total. The van der Waals surface area contributed by atoms with Crippen LogP contribution in [0, 0.1) is 5.41 Å². The molecule has 2 aliphatic heterocycles. The summed E-state index contributed by atoms with van der Waals surface area (Å²) in [6, 6.07) is 5.40. The fraction of sp³-hybridized carbons (Fsp3) is 0.367. The average molecular weight is 571 g/mol. The van der Waals surface area contributed by atoms with Crippen LogP contribution in [0.4, 0.5) is 11.5 Å². The molecule has 3 aromatic rings. The molecule has 0 aromatic carbocycles. The first kappa shape index (κ1) is 27.5. The van der Waals surface area contributed by atoms with Crippen LogP contribution in [0.15, 0.2) is 47.2 Å². The number of fused-ring (bicyclic) bond motifs is 3. The fourth-order valence-corrected chi connectivity index (χ4v) is 6.18. The lowest BCUT2D eigenvalue weighted by Gasteiger charge is -2.30. The maximum atomic E-state index is 13.7. The number of carbonyl (C=O) groups is 2. The Morgan fingerprint density at radius 3 is 2.83 bits per heavy atom. The Morgan fingerprint density at radius 2 is 2.02 bits per heavy atom. The van der Waals surface area contributed by atoms with Crippen molar-refractivity contribution in [1.29, 1.82) is 5.41 Å². The Balaban J connectivity index is 1.31. The highest BCUT2D eigenvalue weighted by Crippen LogP contribution is 2.34. The SMILES string of the molecule is Cn1cc(-c2ccnc(N3CCn4c(cc5c4CCCC5)C3=O)c2CO)cc(NC(=N)/C=C2/CN(C=O)CCN2)c1=O. The van der Waals surface area contributed by atoms with Gasteiger partial charge in [-0.25, -0.2) is 4.98 Å². The molecule has 0 spiro atoms. The molecule has 0 saturated carbocycles. The second-order valence-corrected chi connectivity index (χ2v) is 10.9. The molecule has 12 heteroatoms. The predicted octanol–water partition coefficient (Wildman–Crippen LogP) is 1.61. The molecule has 2 amide bonds. The Bertz CT molecular complexity index is 1670. The monoisotopic (exact) mass is 570 g/mol. The summed E-state index contributed by atoms with van der Waals surface area (Å²) in [6.45, 7) is 2.27. The van der Waals surface area contributed by atoms with E-state index in [2.05, 4.69) is 20.2 Å². The summed E-state index contributed by atoms with van der Waals surface area (Å²) in [5.41, 5.74) is 5.46. The minimum absolute atomic E-state index is 0.0121. The van der Waals surface area contributed by atoms with Gasteiger partial charge in [0, 0.05) is 74.2 Å². The number of piperazine rings is 1. The Labute approximate surface area is 242 Å². The van der Waals surface area contributed by atoms with E-state index in [-0.39, 0.29) is 29.6 Å². The van der Waals surface area contributed by atoms with Gasteiger partial charge in [0.05, 0.1) is 13.2 Å². The second kappa shape index (κ2) is 11.3. The largest absolute Gasteiger partial charge is 0.392 e. The van der Waals surface area contributed by atoms with Gasteiger partial charge in [0.25, 0.3) is 11.5 Å². The second-order valence-electron chi connectivity index (χ2n) is 10.9. The first-order valence-electron chi connectivity index (χ1n) is 14.2. The smallest absolute Gasteiger partial charge is 0.276 e. The molecular weight excluding hydrogens is 536 g/mol. The minimum atomic E-state index is -0.355. The van der Waals surface area contributed by atoms with Gasteiger partial charge in [-0.05, 0) is 55.0 Å². The van der Waals surface area contributed by atoms with E-state index >= 15 is 0 Å². The Hall–Kier alpha value is -4.71. The van der Waals surface area contributed by atoms with E-state index in [4.69, 9.17) is 5.41 Å². The molecule has 5 heterocycles. The van der Waals surface area contributed by atoms with Crippen molar-refractivity contribution >= 4 is 29.7 Å². The number of carbonyl (C=O) groups excluding carboxylic acids is 2. The first-order chi connectivity index (χ1) is 20.4. The fourth-order valence-electron chi connectivity index (χ4n) is 6.18. The van der Waals surface area contributed by atoms with Crippen LogP contribution < -0.4 is 21.1 Å². The molecule has 0 radical (unpaired) electrons. The van der Waals surface area contributed by atoms with Crippen LogP contribution in [0.1, 0.15) is 40.2 Å². The van der Waals surface area contributed by atoms with Crippen LogP contribution in [0.5, 0.6) is 0 Å². The number of nitrogens with one attached hydrogen (secondary N) is 3. The van der Waals surface area contributed by atoms with Gasteiger partial charge in [0.1, 0.15) is 23.0 Å². The van der Waals surface area contributed by atoms with E-state index in [1.807, 2.05) is 6.07 Å². The van der Waals surface area contributed by atoms with E-state index in [0.717, 1.165) is 32.1 Å². The summed E-state index contributed by atoms with van der Waals surface area (Å²) in [5, 5.41) is 25.0. The van der Waals surface area contributed by atoms with Crippen LogP contribution in [0.25, 0.3) is 11.1 Å². The van der Waals surface area contributed by atoms with Crippen molar-refractivity contribution < 1.29 is 14.7 Å². The number of aliphatic hydroxyl groups is 1. The lowest BCUT2D eigenvalue weighted by Crippen LogP contribution is -2.41.